The average molecular weight is 249 g/mol. The highest BCUT2D eigenvalue weighted by molar-refractivity contribution is 6.02. The summed E-state index contributed by atoms with van der Waals surface area (Å²) in [6.07, 6.45) is 3.01. The molecule has 1 heterocycles. The van der Waals surface area contributed by atoms with Gasteiger partial charge in [0.05, 0.1) is 11.8 Å². The highest BCUT2D eigenvalue weighted by Crippen LogP contribution is 2.22. The van der Waals surface area contributed by atoms with Crippen LogP contribution in [0, 0.1) is 0 Å². The normalized spacial score (nSPS) is 20.1. The van der Waals surface area contributed by atoms with Crippen LogP contribution in [-0.4, -0.2) is 30.2 Å². The molecule has 2 rings (SSSR count). The second-order valence-corrected chi connectivity index (χ2v) is 4.34. The molecular formula is C14H19NO3. The van der Waals surface area contributed by atoms with Crippen molar-refractivity contribution in [1.82, 2.24) is 0 Å². The molecule has 1 aliphatic rings. The van der Waals surface area contributed by atoms with Crippen molar-refractivity contribution < 1.29 is 14.7 Å². The van der Waals surface area contributed by atoms with Crippen LogP contribution in [0.5, 0.6) is 5.75 Å². The van der Waals surface area contributed by atoms with E-state index >= 15 is 0 Å². The van der Waals surface area contributed by atoms with Crippen LogP contribution in [0.3, 0.4) is 0 Å². The van der Waals surface area contributed by atoms with Gasteiger partial charge in [0.1, 0.15) is 12.4 Å². The van der Waals surface area contributed by atoms with Crippen LogP contribution in [0.1, 0.15) is 31.7 Å². The molecule has 0 aromatic heterocycles. The maximum Gasteiger partial charge on any atom is 0.128 e. The first-order chi connectivity index (χ1) is 8.85. The summed E-state index contributed by atoms with van der Waals surface area (Å²) in [7, 11) is 0. The highest BCUT2D eigenvalue weighted by Gasteiger charge is 2.17. The van der Waals surface area contributed by atoms with E-state index in [4.69, 9.17) is 14.7 Å². The Bertz CT molecular complexity index is 411. The maximum absolute atomic E-state index is 8.99. The predicted molar refractivity (Wildman–Crippen MR) is 69.5 cm³/mol. The van der Waals surface area contributed by atoms with E-state index in [0.29, 0.717) is 18.7 Å². The summed E-state index contributed by atoms with van der Waals surface area (Å²) in [6, 6.07) is 7.63. The first kappa shape index (κ1) is 12.9. The zero-order valence-electron chi connectivity index (χ0n) is 10.6. The van der Waals surface area contributed by atoms with Crippen molar-refractivity contribution in [2.75, 3.05) is 13.2 Å². The number of benzene rings is 1. The van der Waals surface area contributed by atoms with Crippen LogP contribution in [0.2, 0.25) is 0 Å². The van der Waals surface area contributed by atoms with Gasteiger partial charge < -0.3 is 14.7 Å². The van der Waals surface area contributed by atoms with Crippen molar-refractivity contribution in [2.45, 2.75) is 32.3 Å². The lowest BCUT2D eigenvalue weighted by atomic mass is 10.1. The molecule has 0 spiro atoms. The van der Waals surface area contributed by atoms with E-state index in [1.165, 1.54) is 0 Å². The van der Waals surface area contributed by atoms with Gasteiger partial charge >= 0.3 is 0 Å². The fourth-order valence-corrected chi connectivity index (χ4v) is 2.10. The fraction of sp³-hybridized carbons (Fsp3) is 0.500. The van der Waals surface area contributed by atoms with E-state index in [-0.39, 0.29) is 6.10 Å². The monoisotopic (exact) mass is 249 g/mol. The molecule has 1 unspecified atom stereocenters. The van der Waals surface area contributed by atoms with Crippen LogP contribution in [-0.2, 0) is 4.74 Å². The SMILES string of the molecule is CC/C(=N\O)c1ccccc1OCC1CCCO1. The predicted octanol–water partition coefficient (Wildman–Crippen LogP) is 2.83. The Balaban J connectivity index is 2.07. The molecule has 1 fully saturated rings. The largest absolute Gasteiger partial charge is 0.490 e. The summed E-state index contributed by atoms with van der Waals surface area (Å²) in [5.41, 5.74) is 1.48. The number of nitrogens with zero attached hydrogens (tertiary/aromatic N) is 1. The molecule has 0 saturated carbocycles. The first-order valence-electron chi connectivity index (χ1n) is 6.40. The van der Waals surface area contributed by atoms with E-state index in [1.54, 1.807) is 0 Å². The summed E-state index contributed by atoms with van der Waals surface area (Å²) in [4.78, 5) is 0. The minimum absolute atomic E-state index is 0.189. The molecule has 0 bridgehead atoms. The Morgan fingerprint density at radius 2 is 2.33 bits per heavy atom. The van der Waals surface area contributed by atoms with Gasteiger partial charge in [0.2, 0.25) is 0 Å². The van der Waals surface area contributed by atoms with E-state index in [9.17, 15) is 0 Å². The minimum Gasteiger partial charge on any atom is -0.490 e. The number of para-hydroxylation sites is 1. The third-order valence-electron chi connectivity index (χ3n) is 3.10. The van der Waals surface area contributed by atoms with Crippen LogP contribution >= 0.6 is 0 Å². The average Bonchev–Trinajstić information content (AvgIpc) is 2.92. The first-order valence-corrected chi connectivity index (χ1v) is 6.40. The molecule has 0 radical (unpaired) electrons. The van der Waals surface area contributed by atoms with Gasteiger partial charge in [-0.2, -0.15) is 0 Å². The van der Waals surface area contributed by atoms with Crippen LogP contribution in [0.25, 0.3) is 0 Å². The smallest absolute Gasteiger partial charge is 0.128 e. The van der Waals surface area contributed by atoms with Crippen molar-refractivity contribution in [2.24, 2.45) is 5.16 Å². The lowest BCUT2D eigenvalue weighted by Crippen LogP contribution is -2.17. The molecule has 1 aromatic carbocycles. The van der Waals surface area contributed by atoms with E-state index in [0.717, 1.165) is 30.8 Å². The van der Waals surface area contributed by atoms with Crippen LogP contribution < -0.4 is 4.74 Å². The van der Waals surface area contributed by atoms with E-state index < -0.39 is 0 Å². The minimum atomic E-state index is 0.189. The van der Waals surface area contributed by atoms with Gasteiger partial charge in [0.25, 0.3) is 0 Å². The zero-order valence-corrected chi connectivity index (χ0v) is 10.6. The third kappa shape index (κ3) is 3.01. The summed E-state index contributed by atoms with van der Waals surface area (Å²) in [5, 5.41) is 12.3. The highest BCUT2D eigenvalue weighted by atomic mass is 16.5. The van der Waals surface area contributed by atoms with E-state index in [2.05, 4.69) is 5.16 Å². The maximum atomic E-state index is 8.99. The Kier molecular flexibility index (Phi) is 4.59. The Morgan fingerprint density at radius 3 is 3.00 bits per heavy atom. The Hall–Kier alpha value is -1.55. The van der Waals surface area contributed by atoms with Crippen LogP contribution in [0.15, 0.2) is 29.4 Å². The van der Waals surface area contributed by atoms with E-state index in [1.807, 2.05) is 31.2 Å². The molecule has 98 valence electrons. The van der Waals surface area contributed by atoms with Gasteiger partial charge in [-0.1, -0.05) is 24.2 Å². The third-order valence-corrected chi connectivity index (χ3v) is 3.10. The molecule has 4 heteroatoms. The van der Waals surface area contributed by atoms with Crippen LogP contribution in [0.4, 0.5) is 0 Å². The molecule has 1 aliphatic heterocycles. The number of ether oxygens (including phenoxy) is 2. The van der Waals surface area contributed by atoms with Gasteiger partial charge in [0.15, 0.2) is 0 Å². The fourth-order valence-electron chi connectivity index (χ4n) is 2.10. The van der Waals surface area contributed by atoms with Gasteiger partial charge in [-0.25, -0.2) is 0 Å². The molecule has 0 aliphatic carbocycles. The topological polar surface area (TPSA) is 51.1 Å². The summed E-state index contributed by atoms with van der Waals surface area (Å²) < 4.78 is 11.3. The Labute approximate surface area is 107 Å². The van der Waals surface area contributed by atoms with Crippen molar-refractivity contribution in [1.29, 1.82) is 0 Å². The van der Waals surface area contributed by atoms with Gasteiger partial charge in [-0.3, -0.25) is 0 Å². The number of oxime groups is 1. The Morgan fingerprint density at radius 1 is 1.50 bits per heavy atom. The molecule has 1 N–H and O–H groups in total. The zero-order chi connectivity index (χ0) is 12.8. The number of rotatable bonds is 5. The van der Waals surface area contributed by atoms with Gasteiger partial charge in [0, 0.05) is 12.2 Å². The second-order valence-electron chi connectivity index (χ2n) is 4.34. The van der Waals surface area contributed by atoms with Gasteiger partial charge in [-0.05, 0) is 31.4 Å². The molecule has 18 heavy (non-hydrogen) atoms. The second kappa shape index (κ2) is 6.40. The van der Waals surface area contributed by atoms with Gasteiger partial charge in [-0.15, -0.1) is 0 Å². The van der Waals surface area contributed by atoms with Crippen molar-refractivity contribution >= 4 is 5.71 Å². The molecule has 1 saturated heterocycles. The lowest BCUT2D eigenvalue weighted by Gasteiger charge is -2.14. The summed E-state index contributed by atoms with van der Waals surface area (Å²) in [5.74, 6) is 0.752. The molecular weight excluding hydrogens is 230 g/mol. The van der Waals surface area contributed by atoms with Crippen molar-refractivity contribution in [3.05, 3.63) is 29.8 Å². The quantitative estimate of drug-likeness (QED) is 0.496. The van der Waals surface area contributed by atoms with Crippen molar-refractivity contribution in [3.63, 3.8) is 0 Å². The summed E-state index contributed by atoms with van der Waals surface area (Å²) in [6.45, 7) is 3.33. The molecule has 1 atom stereocenters. The summed E-state index contributed by atoms with van der Waals surface area (Å²) >= 11 is 0. The lowest BCUT2D eigenvalue weighted by molar-refractivity contribution is 0.0679. The number of hydrogen-bond donors (Lipinski definition) is 1. The molecule has 0 amide bonds. The molecule has 1 aromatic rings. The number of hydrogen-bond acceptors (Lipinski definition) is 4. The molecule has 4 nitrogen and oxygen atoms in total. The van der Waals surface area contributed by atoms with Crippen molar-refractivity contribution in [3.8, 4) is 5.75 Å². The standard InChI is InChI=1S/C14H19NO3/c1-2-13(15-16)12-7-3-4-8-14(12)18-10-11-6-5-9-17-11/h3-4,7-8,11,16H,2,5-6,9-10H2,1H3/b15-13+.